The number of rotatable bonds is 3. The fourth-order valence-electron chi connectivity index (χ4n) is 1.51. The monoisotopic (exact) mass is 288 g/mol. The highest BCUT2D eigenvalue weighted by molar-refractivity contribution is 7.14. The molecule has 1 aromatic heterocycles. The standard InChI is InChI=1S/C12H7F3O3S/c13-12(14,15)18-8-3-1-7(2-4-8)10-9(11(16)17)5-6-19-10/h1-6H,(H,16,17). The van der Waals surface area contributed by atoms with Crippen LogP contribution in [0.2, 0.25) is 0 Å². The van der Waals surface area contributed by atoms with E-state index in [0.717, 1.165) is 12.1 Å². The van der Waals surface area contributed by atoms with Crippen molar-refractivity contribution in [2.75, 3.05) is 0 Å². The first-order chi connectivity index (χ1) is 8.87. The third-order valence-electron chi connectivity index (χ3n) is 2.25. The van der Waals surface area contributed by atoms with E-state index in [4.69, 9.17) is 5.11 Å². The summed E-state index contributed by atoms with van der Waals surface area (Å²) in [4.78, 5) is 11.4. The number of hydrogen-bond acceptors (Lipinski definition) is 3. The molecule has 3 nitrogen and oxygen atoms in total. The van der Waals surface area contributed by atoms with Crippen LogP contribution in [0.1, 0.15) is 10.4 Å². The molecule has 0 aliphatic rings. The van der Waals surface area contributed by atoms with Gasteiger partial charge in [-0.2, -0.15) is 0 Å². The van der Waals surface area contributed by atoms with Crippen LogP contribution in [0.25, 0.3) is 10.4 Å². The Morgan fingerprint density at radius 3 is 2.32 bits per heavy atom. The summed E-state index contributed by atoms with van der Waals surface area (Å²) >= 11 is 1.21. The second-order valence-electron chi connectivity index (χ2n) is 3.54. The molecule has 1 heterocycles. The van der Waals surface area contributed by atoms with Gasteiger partial charge in [-0.25, -0.2) is 4.79 Å². The summed E-state index contributed by atoms with van der Waals surface area (Å²) in [6.07, 6.45) is -4.74. The maximum absolute atomic E-state index is 12.0. The quantitative estimate of drug-likeness (QED) is 0.928. The van der Waals surface area contributed by atoms with Gasteiger partial charge in [0.05, 0.1) is 5.56 Å². The van der Waals surface area contributed by atoms with Crippen molar-refractivity contribution >= 4 is 17.3 Å². The number of benzene rings is 1. The Morgan fingerprint density at radius 1 is 1.16 bits per heavy atom. The lowest BCUT2D eigenvalue weighted by Gasteiger charge is -2.09. The fourth-order valence-corrected chi connectivity index (χ4v) is 2.40. The summed E-state index contributed by atoms with van der Waals surface area (Å²) in [5.74, 6) is -1.42. The van der Waals surface area contributed by atoms with Gasteiger partial charge in [-0.15, -0.1) is 24.5 Å². The van der Waals surface area contributed by atoms with E-state index in [2.05, 4.69) is 4.74 Å². The van der Waals surface area contributed by atoms with Gasteiger partial charge in [-0.05, 0) is 41.3 Å². The fraction of sp³-hybridized carbons (Fsp3) is 0.0833. The maximum Gasteiger partial charge on any atom is 0.573 e. The number of hydrogen-bond donors (Lipinski definition) is 1. The first-order valence-electron chi connectivity index (χ1n) is 5.04. The van der Waals surface area contributed by atoms with Gasteiger partial charge in [0, 0.05) is 4.88 Å². The highest BCUT2D eigenvalue weighted by atomic mass is 32.1. The summed E-state index contributed by atoms with van der Waals surface area (Å²) < 4.78 is 39.7. The normalized spacial score (nSPS) is 11.3. The van der Waals surface area contributed by atoms with Gasteiger partial charge in [0.15, 0.2) is 0 Å². The van der Waals surface area contributed by atoms with Crippen LogP contribution in [0.5, 0.6) is 5.75 Å². The third kappa shape index (κ3) is 3.25. The number of carboxylic acids is 1. The van der Waals surface area contributed by atoms with Crippen molar-refractivity contribution in [1.29, 1.82) is 0 Å². The molecule has 2 aromatic rings. The first kappa shape index (κ1) is 13.4. The number of carboxylic acid groups (broad SMARTS) is 1. The number of halogens is 3. The summed E-state index contributed by atoms with van der Waals surface area (Å²) in [5, 5.41) is 10.6. The van der Waals surface area contributed by atoms with Crippen LogP contribution < -0.4 is 4.74 Å². The highest BCUT2D eigenvalue weighted by Gasteiger charge is 2.31. The molecular weight excluding hydrogens is 281 g/mol. The van der Waals surface area contributed by atoms with Gasteiger partial charge in [0.1, 0.15) is 5.75 Å². The van der Waals surface area contributed by atoms with Crippen LogP contribution in [0.3, 0.4) is 0 Å². The third-order valence-corrected chi connectivity index (χ3v) is 3.21. The van der Waals surface area contributed by atoms with Gasteiger partial charge in [-0.1, -0.05) is 0 Å². The van der Waals surface area contributed by atoms with E-state index in [1.165, 1.54) is 29.5 Å². The average molecular weight is 288 g/mol. The number of alkyl halides is 3. The van der Waals surface area contributed by atoms with Crippen LogP contribution >= 0.6 is 11.3 Å². The highest BCUT2D eigenvalue weighted by Crippen LogP contribution is 2.32. The number of ether oxygens (including phenoxy) is 1. The van der Waals surface area contributed by atoms with Crippen molar-refractivity contribution in [2.24, 2.45) is 0 Å². The summed E-state index contributed by atoms with van der Waals surface area (Å²) in [6.45, 7) is 0. The van der Waals surface area contributed by atoms with Gasteiger partial charge >= 0.3 is 12.3 Å². The average Bonchev–Trinajstić information content (AvgIpc) is 2.76. The van der Waals surface area contributed by atoms with E-state index in [9.17, 15) is 18.0 Å². The Kier molecular flexibility index (Phi) is 3.48. The molecule has 0 spiro atoms. The smallest absolute Gasteiger partial charge is 0.478 e. The van der Waals surface area contributed by atoms with Crippen LogP contribution in [-0.4, -0.2) is 17.4 Å². The van der Waals surface area contributed by atoms with Gasteiger partial charge in [0.25, 0.3) is 0 Å². The second kappa shape index (κ2) is 4.93. The van der Waals surface area contributed by atoms with Crippen molar-refractivity contribution in [1.82, 2.24) is 0 Å². The molecule has 0 bridgehead atoms. The molecule has 0 atom stereocenters. The van der Waals surface area contributed by atoms with E-state index in [1.807, 2.05) is 0 Å². The molecule has 0 fully saturated rings. The van der Waals surface area contributed by atoms with Crippen LogP contribution in [0.15, 0.2) is 35.7 Å². The molecule has 0 amide bonds. The van der Waals surface area contributed by atoms with Crippen molar-refractivity contribution < 1.29 is 27.8 Å². The number of thiophene rings is 1. The minimum Gasteiger partial charge on any atom is -0.478 e. The van der Waals surface area contributed by atoms with Gasteiger partial charge < -0.3 is 9.84 Å². The zero-order valence-corrected chi connectivity index (χ0v) is 10.1. The van der Waals surface area contributed by atoms with E-state index < -0.39 is 12.3 Å². The van der Waals surface area contributed by atoms with E-state index >= 15 is 0 Å². The number of carbonyl (C=O) groups is 1. The minimum absolute atomic E-state index is 0.120. The maximum atomic E-state index is 12.0. The van der Waals surface area contributed by atoms with Crippen molar-refractivity contribution in [3.8, 4) is 16.2 Å². The lowest BCUT2D eigenvalue weighted by molar-refractivity contribution is -0.274. The molecule has 0 saturated heterocycles. The van der Waals surface area contributed by atoms with Gasteiger partial charge in [0.2, 0.25) is 0 Å². The molecule has 1 N–H and O–H groups in total. The summed E-state index contributed by atoms with van der Waals surface area (Å²) in [5.41, 5.74) is 0.649. The second-order valence-corrected chi connectivity index (χ2v) is 4.46. The van der Waals surface area contributed by atoms with E-state index in [1.54, 1.807) is 5.38 Å². The largest absolute Gasteiger partial charge is 0.573 e. The molecule has 2 rings (SSSR count). The molecule has 100 valence electrons. The first-order valence-corrected chi connectivity index (χ1v) is 5.92. The van der Waals surface area contributed by atoms with Crippen LogP contribution in [-0.2, 0) is 0 Å². The van der Waals surface area contributed by atoms with Crippen LogP contribution in [0, 0.1) is 0 Å². The Morgan fingerprint density at radius 2 is 1.79 bits per heavy atom. The molecular formula is C12H7F3O3S. The zero-order valence-electron chi connectivity index (χ0n) is 9.27. The molecule has 0 saturated carbocycles. The Labute approximate surface area is 109 Å². The number of aromatic carboxylic acids is 1. The molecule has 0 unspecified atom stereocenters. The SMILES string of the molecule is O=C(O)c1ccsc1-c1ccc(OC(F)(F)F)cc1. The van der Waals surface area contributed by atoms with Crippen molar-refractivity contribution in [3.63, 3.8) is 0 Å². The topological polar surface area (TPSA) is 46.5 Å². The molecule has 0 radical (unpaired) electrons. The summed E-state index contributed by atoms with van der Waals surface area (Å²) in [6, 6.07) is 6.52. The van der Waals surface area contributed by atoms with E-state index in [-0.39, 0.29) is 11.3 Å². The van der Waals surface area contributed by atoms with Crippen LogP contribution in [0.4, 0.5) is 13.2 Å². The Hall–Kier alpha value is -2.02. The van der Waals surface area contributed by atoms with Crippen molar-refractivity contribution in [2.45, 2.75) is 6.36 Å². The molecule has 1 aromatic carbocycles. The van der Waals surface area contributed by atoms with E-state index in [0.29, 0.717) is 10.4 Å². The Bertz CT molecular complexity index is 587. The molecule has 0 aliphatic heterocycles. The zero-order chi connectivity index (χ0) is 14.0. The van der Waals surface area contributed by atoms with Gasteiger partial charge in [-0.3, -0.25) is 0 Å². The lowest BCUT2D eigenvalue weighted by atomic mass is 10.1. The minimum atomic E-state index is -4.74. The summed E-state index contributed by atoms with van der Waals surface area (Å²) in [7, 11) is 0. The lowest BCUT2D eigenvalue weighted by Crippen LogP contribution is -2.16. The predicted octanol–water partition coefficient (Wildman–Crippen LogP) is 4.01. The molecule has 19 heavy (non-hydrogen) atoms. The Balaban J connectivity index is 2.28. The molecule has 0 aliphatic carbocycles. The predicted molar refractivity (Wildman–Crippen MR) is 63.4 cm³/mol. The van der Waals surface area contributed by atoms with Crippen molar-refractivity contribution in [3.05, 3.63) is 41.3 Å². The molecule has 7 heteroatoms.